The summed E-state index contributed by atoms with van der Waals surface area (Å²) >= 11 is 6.01. The lowest BCUT2D eigenvalue weighted by Crippen LogP contribution is -2.32. The fourth-order valence-electron chi connectivity index (χ4n) is 3.38. The molecule has 1 aromatic heterocycles. The van der Waals surface area contributed by atoms with E-state index in [-0.39, 0.29) is 0 Å². The molecule has 0 atom stereocenters. The number of methoxy groups -OCH3 is 1. The summed E-state index contributed by atoms with van der Waals surface area (Å²) in [6.45, 7) is 1.76. The quantitative estimate of drug-likeness (QED) is 0.438. The number of rotatable bonds is 6. The van der Waals surface area contributed by atoms with Gasteiger partial charge in [0.05, 0.1) is 13.7 Å². The van der Waals surface area contributed by atoms with Gasteiger partial charge in [0, 0.05) is 11.4 Å². The number of nitrogens with zero attached hydrogens (tertiary/aromatic N) is 2. The van der Waals surface area contributed by atoms with Gasteiger partial charge in [-0.1, -0.05) is 48.0 Å². The Morgan fingerprint density at radius 3 is 2.33 bits per heavy atom. The summed E-state index contributed by atoms with van der Waals surface area (Å²) in [5.74, 6) is 0.894. The van der Waals surface area contributed by atoms with Crippen molar-refractivity contribution in [1.29, 1.82) is 0 Å². The maximum Gasteiger partial charge on any atom is 0.245 e. The third kappa shape index (κ3) is 3.99. The molecule has 4 aromatic rings. The molecule has 0 unspecified atom stereocenters. The van der Waals surface area contributed by atoms with Crippen molar-refractivity contribution >= 4 is 22.6 Å². The Balaban J connectivity index is 1.58. The van der Waals surface area contributed by atoms with Crippen LogP contribution in [-0.2, 0) is 19.5 Å². The summed E-state index contributed by atoms with van der Waals surface area (Å²) in [4.78, 5) is 0. The van der Waals surface area contributed by atoms with Gasteiger partial charge in [-0.05, 0) is 47.5 Å². The number of aryl methyl sites for hydroxylation is 2. The van der Waals surface area contributed by atoms with Gasteiger partial charge >= 0.3 is 0 Å². The number of ether oxygens (including phenoxy) is 1. The van der Waals surface area contributed by atoms with Gasteiger partial charge in [-0.25, -0.2) is 9.13 Å². The number of hydrogen-bond donors (Lipinski definition) is 0. The van der Waals surface area contributed by atoms with Gasteiger partial charge < -0.3 is 4.74 Å². The van der Waals surface area contributed by atoms with Crippen LogP contribution in [0, 0.1) is 0 Å². The molecule has 0 saturated heterocycles. The summed E-state index contributed by atoms with van der Waals surface area (Å²) in [5, 5.41) is 0.769. The van der Waals surface area contributed by atoms with Crippen molar-refractivity contribution in [3.8, 4) is 5.75 Å². The van der Waals surface area contributed by atoms with Crippen molar-refractivity contribution in [2.75, 3.05) is 7.11 Å². The van der Waals surface area contributed by atoms with Gasteiger partial charge in [0.25, 0.3) is 0 Å². The highest BCUT2D eigenvalue weighted by atomic mass is 35.5. The van der Waals surface area contributed by atoms with Crippen LogP contribution in [0.4, 0.5) is 0 Å². The Bertz CT molecular complexity index is 1040. The minimum atomic E-state index is 0.769. The molecule has 0 amide bonds. The number of aromatic nitrogens is 2. The van der Waals surface area contributed by atoms with Crippen molar-refractivity contribution in [2.24, 2.45) is 0 Å². The Hall–Kier alpha value is -2.78. The van der Waals surface area contributed by atoms with E-state index in [0.717, 1.165) is 30.3 Å². The minimum absolute atomic E-state index is 0.769. The highest BCUT2D eigenvalue weighted by Gasteiger charge is 2.15. The topological polar surface area (TPSA) is 18.0 Å². The first-order valence-electron chi connectivity index (χ1n) is 9.07. The predicted molar refractivity (Wildman–Crippen MR) is 109 cm³/mol. The molecule has 0 aliphatic rings. The van der Waals surface area contributed by atoms with Crippen LogP contribution in [0.5, 0.6) is 5.75 Å². The monoisotopic (exact) mass is 377 g/mol. The molecule has 4 rings (SSSR count). The minimum Gasteiger partial charge on any atom is -0.497 e. The molecule has 136 valence electrons. The van der Waals surface area contributed by atoms with E-state index in [1.165, 1.54) is 22.2 Å². The number of hydrogen-bond acceptors (Lipinski definition) is 1. The first kappa shape index (κ1) is 17.6. The molecule has 27 heavy (non-hydrogen) atoms. The molecule has 0 bridgehead atoms. The summed E-state index contributed by atoms with van der Waals surface area (Å²) in [5.41, 5.74) is 5.03. The maximum atomic E-state index is 6.01. The summed E-state index contributed by atoms with van der Waals surface area (Å²) in [6.07, 6.45) is 3.19. The van der Waals surface area contributed by atoms with Crippen molar-refractivity contribution in [3.63, 3.8) is 0 Å². The number of benzene rings is 3. The second-order valence-electron chi connectivity index (χ2n) is 6.65. The maximum absolute atomic E-state index is 6.01. The first-order chi connectivity index (χ1) is 13.2. The second-order valence-corrected chi connectivity index (χ2v) is 7.09. The SMILES string of the molecule is COc1ccc(CCn2c[n+](Cc3ccc(Cl)cc3)c3ccccc32)cc1. The second kappa shape index (κ2) is 7.85. The van der Waals surface area contributed by atoms with Crippen LogP contribution in [0.2, 0.25) is 5.02 Å². The average Bonchev–Trinajstić information content (AvgIpc) is 3.06. The lowest BCUT2D eigenvalue weighted by Gasteiger charge is -2.02. The summed E-state index contributed by atoms with van der Waals surface area (Å²) in [7, 11) is 1.69. The lowest BCUT2D eigenvalue weighted by atomic mass is 10.1. The van der Waals surface area contributed by atoms with Gasteiger partial charge in [0.2, 0.25) is 6.33 Å². The number of halogens is 1. The fraction of sp³-hybridized carbons (Fsp3) is 0.174. The molecule has 0 aliphatic heterocycles. The van der Waals surface area contributed by atoms with Crippen LogP contribution in [-0.4, -0.2) is 11.7 Å². The smallest absolute Gasteiger partial charge is 0.245 e. The number of para-hydroxylation sites is 2. The van der Waals surface area contributed by atoms with E-state index in [4.69, 9.17) is 16.3 Å². The van der Waals surface area contributed by atoms with Gasteiger partial charge in [-0.2, -0.15) is 0 Å². The normalized spacial score (nSPS) is 11.0. The van der Waals surface area contributed by atoms with Crippen LogP contribution < -0.4 is 9.30 Å². The molecule has 0 aliphatic carbocycles. The molecule has 3 nitrogen and oxygen atoms in total. The Kier molecular flexibility index (Phi) is 5.12. The predicted octanol–water partition coefficient (Wildman–Crippen LogP) is 4.88. The molecule has 0 saturated carbocycles. The zero-order valence-corrected chi connectivity index (χ0v) is 16.1. The third-order valence-corrected chi connectivity index (χ3v) is 5.10. The van der Waals surface area contributed by atoms with E-state index in [2.05, 4.69) is 64.0 Å². The van der Waals surface area contributed by atoms with Gasteiger partial charge in [0.15, 0.2) is 11.0 Å². The van der Waals surface area contributed by atoms with Crippen LogP contribution >= 0.6 is 11.6 Å². The molecule has 0 spiro atoms. The van der Waals surface area contributed by atoms with Gasteiger partial charge in [0.1, 0.15) is 12.3 Å². The molecule has 4 heteroatoms. The Morgan fingerprint density at radius 1 is 0.889 bits per heavy atom. The number of fused-ring (bicyclic) bond motifs is 1. The molecular weight excluding hydrogens is 356 g/mol. The molecule has 0 radical (unpaired) electrons. The number of imidazole rings is 1. The zero-order valence-electron chi connectivity index (χ0n) is 15.3. The van der Waals surface area contributed by atoms with E-state index in [0.29, 0.717) is 0 Å². The standard InChI is InChI=1S/C23H22ClN2O/c1-27-21-12-8-18(9-13-21)14-15-25-17-26(23-5-3-2-4-22(23)25)16-19-6-10-20(24)11-7-19/h2-13,17H,14-16H2,1H3/q+1. The van der Waals surface area contributed by atoms with E-state index >= 15 is 0 Å². The van der Waals surface area contributed by atoms with Crippen molar-refractivity contribution < 1.29 is 9.30 Å². The Morgan fingerprint density at radius 2 is 1.59 bits per heavy atom. The summed E-state index contributed by atoms with van der Waals surface area (Å²) < 4.78 is 9.87. The van der Waals surface area contributed by atoms with Crippen LogP contribution in [0.1, 0.15) is 11.1 Å². The first-order valence-corrected chi connectivity index (χ1v) is 9.45. The van der Waals surface area contributed by atoms with Crippen molar-refractivity contribution in [2.45, 2.75) is 19.5 Å². The fourth-order valence-corrected chi connectivity index (χ4v) is 3.50. The molecule has 3 aromatic carbocycles. The highest BCUT2D eigenvalue weighted by Crippen LogP contribution is 2.16. The summed E-state index contributed by atoms with van der Waals surface area (Å²) in [6, 6.07) is 24.9. The van der Waals surface area contributed by atoms with Crippen LogP contribution in [0.3, 0.4) is 0 Å². The van der Waals surface area contributed by atoms with Gasteiger partial charge in [-0.3, -0.25) is 0 Å². The molecular formula is C23H22ClN2O+. The van der Waals surface area contributed by atoms with E-state index < -0.39 is 0 Å². The largest absolute Gasteiger partial charge is 0.497 e. The van der Waals surface area contributed by atoms with Crippen LogP contribution in [0.15, 0.2) is 79.1 Å². The molecule has 1 heterocycles. The zero-order chi connectivity index (χ0) is 18.6. The van der Waals surface area contributed by atoms with Crippen molar-refractivity contribution in [3.05, 3.63) is 95.3 Å². The third-order valence-electron chi connectivity index (χ3n) is 4.85. The Labute approximate surface area is 164 Å². The van der Waals surface area contributed by atoms with E-state index in [9.17, 15) is 0 Å². The highest BCUT2D eigenvalue weighted by molar-refractivity contribution is 6.30. The van der Waals surface area contributed by atoms with E-state index in [1.54, 1.807) is 7.11 Å². The molecule has 0 N–H and O–H groups in total. The molecule has 0 fully saturated rings. The van der Waals surface area contributed by atoms with E-state index in [1.807, 2.05) is 24.3 Å². The average molecular weight is 378 g/mol. The van der Waals surface area contributed by atoms with Crippen molar-refractivity contribution in [1.82, 2.24) is 4.57 Å². The van der Waals surface area contributed by atoms with Gasteiger partial charge in [-0.15, -0.1) is 0 Å². The van der Waals surface area contributed by atoms with Crippen LogP contribution in [0.25, 0.3) is 11.0 Å². The lowest BCUT2D eigenvalue weighted by molar-refractivity contribution is -0.663.